The normalized spacial score (nSPS) is 12.9. The summed E-state index contributed by atoms with van der Waals surface area (Å²) in [6.07, 6.45) is 0.209. The molecule has 0 radical (unpaired) electrons. The lowest BCUT2D eigenvalue weighted by Crippen LogP contribution is -2.25. The third-order valence-corrected chi connectivity index (χ3v) is 8.70. The Balaban J connectivity index is 2.65. The van der Waals surface area contributed by atoms with Crippen LogP contribution in [0.15, 0.2) is 16.0 Å². The molecule has 1 aromatic rings. The molecule has 222 valence electrons. The van der Waals surface area contributed by atoms with E-state index in [0.717, 1.165) is 0 Å². The van der Waals surface area contributed by atoms with Gasteiger partial charge in [-0.2, -0.15) is 4.98 Å². The van der Waals surface area contributed by atoms with Crippen molar-refractivity contribution in [2.45, 2.75) is 91.5 Å². The molecule has 0 bridgehead atoms. The van der Waals surface area contributed by atoms with Crippen molar-refractivity contribution in [3.05, 3.63) is 16.4 Å². The second-order valence-corrected chi connectivity index (χ2v) is 13.9. The van der Waals surface area contributed by atoms with Gasteiger partial charge in [-0.05, 0) is 61.6 Å². The molecule has 0 spiro atoms. The molecule has 0 atom stereocenters. The summed E-state index contributed by atoms with van der Waals surface area (Å²) >= 11 is 1.27. The Morgan fingerprint density at radius 3 is 1.66 bits per heavy atom. The first-order valence-electron chi connectivity index (χ1n) is 12.5. The Morgan fingerprint density at radius 1 is 0.789 bits per heavy atom. The van der Waals surface area contributed by atoms with Gasteiger partial charge in [0.05, 0.1) is 50.2 Å². The summed E-state index contributed by atoms with van der Waals surface area (Å²) in [6, 6.07) is 1.27. The van der Waals surface area contributed by atoms with E-state index in [0.29, 0.717) is 5.16 Å². The van der Waals surface area contributed by atoms with E-state index < -0.39 is 15.2 Å². The molecule has 15 heteroatoms. The maximum absolute atomic E-state index is 12.9. The summed E-state index contributed by atoms with van der Waals surface area (Å²) in [5, 5.41) is 0.428. The van der Waals surface area contributed by atoms with Gasteiger partial charge in [-0.15, -0.1) is 0 Å². The van der Waals surface area contributed by atoms with Crippen LogP contribution in [-0.4, -0.2) is 72.7 Å². The number of nitrogens with zero attached hydrogens (tertiary/aromatic N) is 2. The first-order chi connectivity index (χ1) is 17.7. The van der Waals surface area contributed by atoms with Crippen LogP contribution >= 0.6 is 27.0 Å². The van der Waals surface area contributed by atoms with Crippen LogP contribution in [0.5, 0.6) is 5.88 Å². The van der Waals surface area contributed by atoms with E-state index in [2.05, 4.69) is 4.98 Å². The smallest absolute Gasteiger partial charge is 0.356 e. The van der Waals surface area contributed by atoms with Gasteiger partial charge in [0, 0.05) is 0 Å². The number of rotatable bonds is 20. The summed E-state index contributed by atoms with van der Waals surface area (Å²) in [7, 11) is -6.84. The van der Waals surface area contributed by atoms with Gasteiger partial charge in [-0.3, -0.25) is 18.5 Å². The Morgan fingerprint density at radius 2 is 1.24 bits per heavy atom. The van der Waals surface area contributed by atoms with E-state index >= 15 is 0 Å². The number of aromatic nitrogens is 2. The SMILES string of the molecule is CSc1nc(OCCOCP(=O)(OC(C)C)OC(C)C)cc(=O)n1CCOCP(=O)(OC(C)C)OC(C)C. The van der Waals surface area contributed by atoms with Crippen molar-refractivity contribution < 1.29 is 41.4 Å². The van der Waals surface area contributed by atoms with Crippen molar-refractivity contribution in [2.75, 3.05) is 38.8 Å². The average molecular weight is 603 g/mol. The zero-order valence-electron chi connectivity index (χ0n) is 23.9. The van der Waals surface area contributed by atoms with Gasteiger partial charge in [0.15, 0.2) is 5.16 Å². The van der Waals surface area contributed by atoms with E-state index in [4.69, 9.17) is 32.3 Å². The van der Waals surface area contributed by atoms with Crippen LogP contribution in [0.3, 0.4) is 0 Å². The average Bonchev–Trinajstić information content (AvgIpc) is 2.74. The highest BCUT2D eigenvalue weighted by Gasteiger charge is 2.29. The largest absolute Gasteiger partial charge is 0.475 e. The van der Waals surface area contributed by atoms with Gasteiger partial charge >= 0.3 is 15.2 Å². The Bertz CT molecular complexity index is 959. The number of ether oxygens (including phenoxy) is 3. The fourth-order valence-electron chi connectivity index (χ4n) is 3.07. The van der Waals surface area contributed by atoms with Crippen LogP contribution in [0.2, 0.25) is 0 Å². The number of hydrogen-bond acceptors (Lipinski definition) is 12. The molecule has 0 aromatic carbocycles. The zero-order chi connectivity index (χ0) is 28.9. The van der Waals surface area contributed by atoms with Crippen LogP contribution < -0.4 is 10.3 Å². The fraction of sp³-hybridized carbons (Fsp3) is 0.826. The lowest BCUT2D eigenvalue weighted by Gasteiger charge is -2.22. The molecule has 0 amide bonds. The van der Waals surface area contributed by atoms with E-state index in [1.54, 1.807) is 61.6 Å². The minimum Gasteiger partial charge on any atom is -0.475 e. The molecule has 0 unspecified atom stereocenters. The number of hydrogen-bond donors (Lipinski definition) is 0. The minimum atomic E-state index is -3.43. The maximum Gasteiger partial charge on any atom is 0.356 e. The van der Waals surface area contributed by atoms with Gasteiger partial charge < -0.3 is 32.3 Å². The fourth-order valence-corrected chi connectivity index (χ4v) is 7.27. The topological polar surface area (TPSA) is 134 Å². The van der Waals surface area contributed by atoms with E-state index in [1.807, 2.05) is 0 Å². The molecule has 0 aliphatic carbocycles. The van der Waals surface area contributed by atoms with Crippen molar-refractivity contribution in [1.29, 1.82) is 0 Å². The Labute approximate surface area is 230 Å². The molecule has 0 aliphatic rings. The van der Waals surface area contributed by atoms with Crippen molar-refractivity contribution in [2.24, 2.45) is 0 Å². The third-order valence-electron chi connectivity index (χ3n) is 4.05. The first-order valence-corrected chi connectivity index (χ1v) is 17.2. The lowest BCUT2D eigenvalue weighted by atomic mass is 10.5. The van der Waals surface area contributed by atoms with Crippen LogP contribution in [0, 0.1) is 0 Å². The first kappa shape index (κ1) is 35.3. The lowest BCUT2D eigenvalue weighted by molar-refractivity contribution is 0.0841. The van der Waals surface area contributed by atoms with Crippen LogP contribution in [-0.2, 0) is 43.2 Å². The van der Waals surface area contributed by atoms with Gasteiger partial charge in [0.1, 0.15) is 19.3 Å². The Hall–Kier alpha value is -0.750. The molecular weight excluding hydrogens is 558 g/mol. The van der Waals surface area contributed by atoms with Crippen molar-refractivity contribution in [1.82, 2.24) is 9.55 Å². The second kappa shape index (κ2) is 17.1. The quantitative estimate of drug-likeness (QED) is 0.0821. The molecule has 1 heterocycles. The molecular formula is C23H44N2O10P2S. The van der Waals surface area contributed by atoms with Gasteiger partial charge in [0.25, 0.3) is 5.56 Å². The summed E-state index contributed by atoms with van der Waals surface area (Å²) in [5.74, 6) is 0.139. The molecule has 1 rings (SSSR count). The summed E-state index contributed by atoms with van der Waals surface area (Å²) in [5.41, 5.74) is -0.330. The predicted octanol–water partition coefficient (Wildman–Crippen LogP) is 5.38. The monoisotopic (exact) mass is 602 g/mol. The van der Waals surface area contributed by atoms with E-state index in [1.165, 1.54) is 22.4 Å². The van der Waals surface area contributed by atoms with E-state index in [9.17, 15) is 13.9 Å². The van der Waals surface area contributed by atoms with Gasteiger partial charge in [-0.25, -0.2) is 0 Å². The van der Waals surface area contributed by atoms with Crippen LogP contribution in [0.4, 0.5) is 0 Å². The Kier molecular flexibility index (Phi) is 15.9. The molecule has 0 saturated carbocycles. The summed E-state index contributed by atoms with van der Waals surface area (Å²) in [4.78, 5) is 17.1. The highest BCUT2D eigenvalue weighted by Crippen LogP contribution is 2.51. The van der Waals surface area contributed by atoms with Crippen molar-refractivity contribution in [3.8, 4) is 5.88 Å². The molecule has 1 aromatic heterocycles. The molecule has 38 heavy (non-hydrogen) atoms. The third kappa shape index (κ3) is 14.1. The van der Waals surface area contributed by atoms with Crippen LogP contribution in [0.25, 0.3) is 0 Å². The molecule has 12 nitrogen and oxygen atoms in total. The van der Waals surface area contributed by atoms with Gasteiger partial charge in [-0.1, -0.05) is 11.8 Å². The highest BCUT2D eigenvalue weighted by molar-refractivity contribution is 7.98. The summed E-state index contributed by atoms with van der Waals surface area (Å²) < 4.78 is 65.5. The molecule has 0 saturated heterocycles. The van der Waals surface area contributed by atoms with Gasteiger partial charge in [0.2, 0.25) is 5.88 Å². The zero-order valence-corrected chi connectivity index (χ0v) is 26.5. The summed E-state index contributed by atoms with van der Waals surface area (Å²) in [6.45, 7) is 14.6. The maximum atomic E-state index is 12.9. The van der Waals surface area contributed by atoms with E-state index in [-0.39, 0.29) is 74.9 Å². The van der Waals surface area contributed by atoms with Crippen LogP contribution in [0.1, 0.15) is 55.4 Å². The highest BCUT2D eigenvalue weighted by atomic mass is 32.2. The standard InChI is InChI=1S/C23H44N2O10P2S/c1-17(2)32-36(27,33-18(3)4)15-29-11-10-25-22(26)14-21(24-23(25)38-9)31-13-12-30-16-37(28,34-19(5)6)35-20(7)8/h14,17-20H,10-13,15-16H2,1-9H3. The van der Waals surface area contributed by atoms with Crippen molar-refractivity contribution >= 4 is 27.0 Å². The second-order valence-electron chi connectivity index (χ2n) is 9.33. The molecule has 0 aliphatic heterocycles. The molecule has 0 fully saturated rings. The molecule has 0 N–H and O–H groups in total. The predicted molar refractivity (Wildman–Crippen MR) is 148 cm³/mol. The van der Waals surface area contributed by atoms with Crippen molar-refractivity contribution in [3.63, 3.8) is 0 Å². The minimum absolute atomic E-state index is 0.0811. The number of thioether (sulfide) groups is 1.